The summed E-state index contributed by atoms with van der Waals surface area (Å²) in [5.74, 6) is -0.788. The van der Waals surface area contributed by atoms with Gasteiger partial charge in [0.1, 0.15) is 0 Å². The maximum Gasteiger partial charge on any atom is 0.311 e. The molecule has 2 fully saturated rings. The summed E-state index contributed by atoms with van der Waals surface area (Å²) < 4.78 is 0. The molecule has 3 rings (SSSR count). The van der Waals surface area contributed by atoms with Crippen LogP contribution in [-0.2, 0) is 16.0 Å². The second-order valence-electron chi connectivity index (χ2n) is 5.71. The summed E-state index contributed by atoms with van der Waals surface area (Å²) in [6.07, 6.45) is 3.08. The Morgan fingerprint density at radius 2 is 2.00 bits per heavy atom. The lowest BCUT2D eigenvalue weighted by molar-refractivity contribution is -0.147. The molecular weight excluding hydrogens is 286 g/mol. The molecule has 1 aromatic rings. The molecule has 114 valence electrons. The van der Waals surface area contributed by atoms with Crippen molar-refractivity contribution in [3.05, 3.63) is 22.4 Å². The molecule has 2 aliphatic rings. The van der Waals surface area contributed by atoms with E-state index in [9.17, 15) is 9.59 Å². The number of hydrogen-bond donors (Lipinski definition) is 1. The SMILES string of the molecule is O=C(NC1CC1)C(=O)N1CCN(CCc2cccs2)CC1. The highest BCUT2D eigenvalue weighted by atomic mass is 32.1. The van der Waals surface area contributed by atoms with Crippen molar-refractivity contribution in [1.82, 2.24) is 15.1 Å². The Kier molecular flexibility index (Phi) is 4.55. The van der Waals surface area contributed by atoms with Gasteiger partial charge in [-0.25, -0.2) is 0 Å². The number of rotatable bonds is 4. The molecule has 6 heteroatoms. The van der Waals surface area contributed by atoms with E-state index in [2.05, 4.69) is 27.7 Å². The standard InChI is InChI=1S/C15H21N3O2S/c19-14(16-12-3-4-12)15(20)18-9-7-17(8-10-18)6-5-13-2-1-11-21-13/h1-2,11-12H,3-10H2,(H,16,19). The summed E-state index contributed by atoms with van der Waals surface area (Å²) in [4.78, 5) is 29.2. The Bertz CT molecular complexity index is 491. The zero-order valence-corrected chi connectivity index (χ0v) is 12.9. The van der Waals surface area contributed by atoms with E-state index in [4.69, 9.17) is 0 Å². The summed E-state index contributed by atoms with van der Waals surface area (Å²) in [5, 5.41) is 4.87. The van der Waals surface area contributed by atoms with E-state index in [1.54, 1.807) is 16.2 Å². The Morgan fingerprint density at radius 3 is 2.62 bits per heavy atom. The molecule has 1 aromatic heterocycles. The average molecular weight is 307 g/mol. The van der Waals surface area contributed by atoms with Gasteiger partial charge in [0.2, 0.25) is 0 Å². The lowest BCUT2D eigenvalue weighted by Crippen LogP contribution is -2.53. The van der Waals surface area contributed by atoms with Crippen molar-refractivity contribution in [1.29, 1.82) is 0 Å². The summed E-state index contributed by atoms with van der Waals surface area (Å²) in [7, 11) is 0. The number of piperazine rings is 1. The molecule has 1 saturated carbocycles. The fourth-order valence-corrected chi connectivity index (χ4v) is 3.21. The van der Waals surface area contributed by atoms with Crippen molar-refractivity contribution >= 4 is 23.2 Å². The van der Waals surface area contributed by atoms with E-state index in [0.29, 0.717) is 13.1 Å². The normalized spacial score (nSPS) is 19.5. The molecule has 21 heavy (non-hydrogen) atoms. The molecule has 0 spiro atoms. The number of carbonyl (C=O) groups excluding carboxylic acids is 2. The van der Waals surface area contributed by atoms with Crippen LogP contribution >= 0.6 is 11.3 Å². The van der Waals surface area contributed by atoms with Crippen molar-refractivity contribution in [2.75, 3.05) is 32.7 Å². The zero-order valence-electron chi connectivity index (χ0n) is 12.1. The van der Waals surface area contributed by atoms with Gasteiger partial charge in [0, 0.05) is 43.6 Å². The average Bonchev–Trinajstić information content (AvgIpc) is 3.16. The predicted octanol–water partition coefficient (Wildman–Crippen LogP) is 0.713. The van der Waals surface area contributed by atoms with Crippen molar-refractivity contribution in [3.63, 3.8) is 0 Å². The van der Waals surface area contributed by atoms with Crippen molar-refractivity contribution in [2.24, 2.45) is 0 Å². The van der Waals surface area contributed by atoms with E-state index in [1.807, 2.05) is 0 Å². The molecule has 2 amide bonds. The summed E-state index contributed by atoms with van der Waals surface area (Å²) in [6, 6.07) is 4.48. The molecule has 0 bridgehead atoms. The van der Waals surface area contributed by atoms with Gasteiger partial charge in [-0.15, -0.1) is 11.3 Å². The van der Waals surface area contributed by atoms with Gasteiger partial charge in [0.15, 0.2) is 0 Å². The molecule has 2 heterocycles. The number of hydrogen-bond acceptors (Lipinski definition) is 4. The van der Waals surface area contributed by atoms with Gasteiger partial charge < -0.3 is 10.2 Å². The second-order valence-corrected chi connectivity index (χ2v) is 6.74. The first-order valence-corrected chi connectivity index (χ1v) is 8.45. The van der Waals surface area contributed by atoms with Gasteiger partial charge in [0.25, 0.3) is 0 Å². The van der Waals surface area contributed by atoms with E-state index >= 15 is 0 Å². The predicted molar refractivity (Wildman–Crippen MR) is 82.2 cm³/mol. The van der Waals surface area contributed by atoms with Gasteiger partial charge in [0.05, 0.1) is 0 Å². The third-order valence-corrected chi connectivity index (χ3v) is 4.96. The fourth-order valence-electron chi connectivity index (χ4n) is 2.52. The molecule has 0 radical (unpaired) electrons. The van der Waals surface area contributed by atoms with Crippen LogP contribution in [0.5, 0.6) is 0 Å². The van der Waals surface area contributed by atoms with Crippen LogP contribution in [0.4, 0.5) is 0 Å². The van der Waals surface area contributed by atoms with Crippen LogP contribution in [0.3, 0.4) is 0 Å². The Hall–Kier alpha value is -1.40. The van der Waals surface area contributed by atoms with Gasteiger partial charge in [-0.3, -0.25) is 14.5 Å². The van der Waals surface area contributed by atoms with Gasteiger partial charge in [-0.1, -0.05) is 6.07 Å². The molecule has 1 aliphatic heterocycles. The van der Waals surface area contributed by atoms with Crippen LogP contribution < -0.4 is 5.32 Å². The molecule has 1 N–H and O–H groups in total. The molecule has 1 aliphatic carbocycles. The Morgan fingerprint density at radius 1 is 1.24 bits per heavy atom. The lowest BCUT2D eigenvalue weighted by atomic mass is 10.2. The fraction of sp³-hybridized carbons (Fsp3) is 0.600. The maximum absolute atomic E-state index is 12.0. The third kappa shape index (κ3) is 4.04. The summed E-state index contributed by atoms with van der Waals surface area (Å²) >= 11 is 1.79. The van der Waals surface area contributed by atoms with Gasteiger partial charge in [-0.05, 0) is 30.7 Å². The highest BCUT2D eigenvalue weighted by Crippen LogP contribution is 2.18. The second kappa shape index (κ2) is 6.58. The quantitative estimate of drug-likeness (QED) is 0.834. The molecular formula is C15H21N3O2S. The smallest absolute Gasteiger partial charge is 0.311 e. The lowest BCUT2D eigenvalue weighted by Gasteiger charge is -2.34. The van der Waals surface area contributed by atoms with Crippen LogP contribution in [0.15, 0.2) is 17.5 Å². The zero-order chi connectivity index (χ0) is 14.7. The molecule has 0 unspecified atom stereocenters. The maximum atomic E-state index is 12.0. The first-order chi connectivity index (χ1) is 10.2. The minimum atomic E-state index is -0.426. The number of amides is 2. The van der Waals surface area contributed by atoms with Crippen LogP contribution in [0.1, 0.15) is 17.7 Å². The van der Waals surface area contributed by atoms with E-state index < -0.39 is 5.91 Å². The molecule has 5 nitrogen and oxygen atoms in total. The van der Waals surface area contributed by atoms with Crippen LogP contribution in [-0.4, -0.2) is 60.4 Å². The number of carbonyl (C=O) groups is 2. The third-order valence-electron chi connectivity index (χ3n) is 4.02. The number of nitrogens with zero attached hydrogens (tertiary/aromatic N) is 2. The van der Waals surface area contributed by atoms with Gasteiger partial charge in [-0.2, -0.15) is 0 Å². The monoisotopic (exact) mass is 307 g/mol. The number of thiophene rings is 1. The number of nitrogens with one attached hydrogen (secondary N) is 1. The van der Waals surface area contributed by atoms with Crippen LogP contribution in [0, 0.1) is 0 Å². The largest absolute Gasteiger partial charge is 0.345 e. The molecule has 0 atom stereocenters. The van der Waals surface area contributed by atoms with Crippen LogP contribution in [0.2, 0.25) is 0 Å². The molecule has 0 aromatic carbocycles. The van der Waals surface area contributed by atoms with Crippen molar-refractivity contribution in [2.45, 2.75) is 25.3 Å². The van der Waals surface area contributed by atoms with Crippen molar-refractivity contribution in [3.8, 4) is 0 Å². The molecule has 1 saturated heterocycles. The van der Waals surface area contributed by atoms with Gasteiger partial charge >= 0.3 is 11.8 Å². The van der Waals surface area contributed by atoms with E-state index in [-0.39, 0.29) is 11.9 Å². The minimum absolute atomic E-state index is 0.244. The van der Waals surface area contributed by atoms with Crippen molar-refractivity contribution < 1.29 is 9.59 Å². The first kappa shape index (κ1) is 14.5. The Balaban J connectivity index is 1.39. The first-order valence-electron chi connectivity index (χ1n) is 7.57. The summed E-state index contributed by atoms with van der Waals surface area (Å²) in [6.45, 7) is 4.04. The Labute approximate surface area is 128 Å². The van der Waals surface area contributed by atoms with E-state index in [1.165, 1.54) is 4.88 Å². The summed E-state index contributed by atoms with van der Waals surface area (Å²) in [5.41, 5.74) is 0. The highest BCUT2D eigenvalue weighted by Gasteiger charge is 2.30. The van der Waals surface area contributed by atoms with E-state index in [0.717, 1.165) is 38.9 Å². The highest BCUT2D eigenvalue weighted by molar-refractivity contribution is 7.09. The minimum Gasteiger partial charge on any atom is -0.345 e. The topological polar surface area (TPSA) is 52.7 Å². The van der Waals surface area contributed by atoms with Crippen LogP contribution in [0.25, 0.3) is 0 Å².